The highest BCUT2D eigenvalue weighted by Crippen LogP contribution is 2.29. The normalized spacial score (nSPS) is 20.3. The second-order valence-electron chi connectivity index (χ2n) is 8.23. The van der Waals surface area contributed by atoms with Gasteiger partial charge >= 0.3 is 0 Å². The molecule has 2 heterocycles. The van der Waals surface area contributed by atoms with Crippen molar-refractivity contribution in [1.82, 2.24) is 14.2 Å². The van der Waals surface area contributed by atoms with Gasteiger partial charge in [0.1, 0.15) is 11.7 Å². The first-order valence-corrected chi connectivity index (χ1v) is 12.5. The summed E-state index contributed by atoms with van der Waals surface area (Å²) in [5.74, 6) is -0.366. The van der Waals surface area contributed by atoms with Crippen molar-refractivity contribution in [2.45, 2.75) is 37.8 Å². The molecule has 32 heavy (non-hydrogen) atoms. The summed E-state index contributed by atoms with van der Waals surface area (Å²) < 4.78 is 34.2. The average Bonchev–Trinajstić information content (AvgIpc) is 2.76. The number of carbonyl (C=O) groups excluding carboxylic acids is 1. The Hall–Kier alpha value is -2.01. The molecule has 0 aliphatic carbocycles. The molecule has 0 saturated carbocycles. The van der Waals surface area contributed by atoms with Gasteiger partial charge in [0, 0.05) is 30.2 Å². The number of ether oxygens (including phenoxy) is 1. The van der Waals surface area contributed by atoms with E-state index >= 15 is 0 Å². The van der Waals surface area contributed by atoms with Crippen LogP contribution in [0.1, 0.15) is 29.8 Å². The van der Waals surface area contributed by atoms with Crippen LogP contribution in [0.2, 0.25) is 0 Å². The maximum absolute atomic E-state index is 13.2. The number of halogens is 1. The number of aliphatic hydroxyl groups excluding tert-OH is 1. The standard InChI is InChI=1S/C22H28BrN3O5S/c1-14-5-7-18(8-6-14)32(29,30)25(4)12-20-15(2)11-26(16(3)13-27)22(28)19-9-17(23)10-24-21(19)31-20/h5-10,15-16,20,27H,11-13H2,1-4H3/t15-,16-,20-/m1/s1. The molecule has 0 fully saturated rings. The van der Waals surface area contributed by atoms with Crippen molar-refractivity contribution in [3.63, 3.8) is 0 Å². The minimum Gasteiger partial charge on any atom is -0.472 e. The maximum atomic E-state index is 13.2. The molecule has 1 aliphatic rings. The highest BCUT2D eigenvalue weighted by molar-refractivity contribution is 9.10. The molecule has 10 heteroatoms. The summed E-state index contributed by atoms with van der Waals surface area (Å²) in [6.45, 7) is 5.74. The quantitative estimate of drug-likeness (QED) is 0.622. The number of likely N-dealkylation sites (N-methyl/N-ethyl adjacent to an activating group) is 1. The SMILES string of the molecule is Cc1ccc(S(=O)(=O)N(C)C[C@H]2Oc3ncc(Br)cc3C(=O)N([C@H](C)CO)C[C@H]2C)cc1. The molecule has 3 atom stereocenters. The number of benzene rings is 1. The van der Waals surface area contributed by atoms with Crippen molar-refractivity contribution in [1.29, 1.82) is 0 Å². The van der Waals surface area contributed by atoms with E-state index < -0.39 is 22.2 Å². The second kappa shape index (κ2) is 9.86. The number of carbonyl (C=O) groups is 1. The van der Waals surface area contributed by atoms with Crippen LogP contribution in [-0.2, 0) is 10.0 Å². The summed E-state index contributed by atoms with van der Waals surface area (Å²) in [6, 6.07) is 7.90. The summed E-state index contributed by atoms with van der Waals surface area (Å²) in [5, 5.41) is 9.68. The summed E-state index contributed by atoms with van der Waals surface area (Å²) >= 11 is 3.34. The van der Waals surface area contributed by atoms with E-state index in [2.05, 4.69) is 20.9 Å². The maximum Gasteiger partial charge on any atom is 0.259 e. The van der Waals surface area contributed by atoms with Crippen LogP contribution in [0, 0.1) is 12.8 Å². The number of aliphatic hydroxyl groups is 1. The number of nitrogens with zero attached hydrogens (tertiary/aromatic N) is 3. The van der Waals surface area contributed by atoms with Gasteiger partial charge in [-0.25, -0.2) is 13.4 Å². The zero-order valence-corrected chi connectivity index (χ0v) is 20.9. The van der Waals surface area contributed by atoms with Crippen LogP contribution in [-0.4, -0.2) is 72.5 Å². The molecule has 0 radical (unpaired) electrons. The summed E-state index contributed by atoms with van der Waals surface area (Å²) in [5.41, 5.74) is 1.24. The fourth-order valence-corrected chi connectivity index (χ4v) is 5.05. The van der Waals surface area contributed by atoms with E-state index in [1.54, 1.807) is 42.2 Å². The van der Waals surface area contributed by atoms with Crippen LogP contribution >= 0.6 is 15.9 Å². The molecule has 0 saturated heterocycles. The van der Waals surface area contributed by atoms with Crippen LogP contribution < -0.4 is 4.74 Å². The molecule has 1 aliphatic heterocycles. The smallest absolute Gasteiger partial charge is 0.259 e. The Morgan fingerprint density at radius 2 is 2.00 bits per heavy atom. The Morgan fingerprint density at radius 1 is 1.34 bits per heavy atom. The van der Waals surface area contributed by atoms with E-state index in [0.29, 0.717) is 11.0 Å². The number of pyridine rings is 1. The number of amides is 1. The number of aryl methyl sites for hydroxylation is 1. The third kappa shape index (κ3) is 5.14. The number of hydrogen-bond donors (Lipinski definition) is 1. The fraction of sp³-hybridized carbons (Fsp3) is 0.455. The largest absolute Gasteiger partial charge is 0.472 e. The zero-order chi connectivity index (χ0) is 23.6. The molecule has 1 N–H and O–H groups in total. The number of fused-ring (bicyclic) bond motifs is 1. The van der Waals surface area contributed by atoms with E-state index in [1.807, 2.05) is 13.8 Å². The van der Waals surface area contributed by atoms with Crippen LogP contribution in [0.3, 0.4) is 0 Å². The van der Waals surface area contributed by atoms with Gasteiger partial charge in [0.25, 0.3) is 5.91 Å². The van der Waals surface area contributed by atoms with Gasteiger partial charge in [0.05, 0.1) is 24.1 Å². The predicted octanol–water partition coefficient (Wildman–Crippen LogP) is 2.69. The fourth-order valence-electron chi connectivity index (χ4n) is 3.54. The van der Waals surface area contributed by atoms with E-state index in [0.717, 1.165) is 5.56 Å². The van der Waals surface area contributed by atoms with E-state index in [1.165, 1.54) is 17.5 Å². The van der Waals surface area contributed by atoms with Gasteiger partial charge in [-0.2, -0.15) is 4.31 Å². The van der Waals surface area contributed by atoms with Crippen molar-refractivity contribution < 1.29 is 23.1 Å². The minimum atomic E-state index is -3.72. The first-order chi connectivity index (χ1) is 15.0. The lowest BCUT2D eigenvalue weighted by Crippen LogP contribution is -2.50. The Balaban J connectivity index is 1.94. The number of aromatic nitrogens is 1. The lowest BCUT2D eigenvalue weighted by atomic mass is 10.0. The minimum absolute atomic E-state index is 0.0735. The molecule has 8 nitrogen and oxygen atoms in total. The van der Waals surface area contributed by atoms with E-state index in [4.69, 9.17) is 4.74 Å². The molecular formula is C22H28BrN3O5S. The Morgan fingerprint density at radius 3 is 2.62 bits per heavy atom. The Labute approximate surface area is 197 Å². The van der Waals surface area contributed by atoms with Gasteiger partial charge in [0.2, 0.25) is 15.9 Å². The Bertz CT molecular complexity index is 1080. The summed E-state index contributed by atoms with van der Waals surface area (Å²) in [7, 11) is -2.21. The number of rotatable bonds is 6. The number of sulfonamides is 1. The molecule has 0 bridgehead atoms. The molecule has 174 valence electrons. The zero-order valence-electron chi connectivity index (χ0n) is 18.5. The van der Waals surface area contributed by atoms with Gasteiger partial charge in [-0.05, 0) is 48.0 Å². The van der Waals surface area contributed by atoms with Gasteiger partial charge < -0.3 is 14.7 Å². The molecule has 1 amide bonds. The van der Waals surface area contributed by atoms with Crippen molar-refractivity contribution in [3.05, 3.63) is 52.1 Å². The highest BCUT2D eigenvalue weighted by Gasteiger charge is 2.35. The predicted molar refractivity (Wildman–Crippen MR) is 124 cm³/mol. The third-order valence-electron chi connectivity index (χ3n) is 5.65. The van der Waals surface area contributed by atoms with E-state index in [9.17, 15) is 18.3 Å². The third-order valence-corrected chi connectivity index (χ3v) is 7.93. The van der Waals surface area contributed by atoms with Gasteiger partial charge in [0.15, 0.2) is 0 Å². The van der Waals surface area contributed by atoms with Crippen molar-refractivity contribution in [2.24, 2.45) is 5.92 Å². The van der Waals surface area contributed by atoms with Crippen LogP contribution in [0.4, 0.5) is 0 Å². The first kappa shape index (κ1) is 24.6. The average molecular weight is 526 g/mol. The topological polar surface area (TPSA) is 100 Å². The van der Waals surface area contributed by atoms with Gasteiger partial charge in [-0.1, -0.05) is 24.6 Å². The van der Waals surface area contributed by atoms with Gasteiger partial charge in [-0.3, -0.25) is 4.79 Å². The summed E-state index contributed by atoms with van der Waals surface area (Å²) in [4.78, 5) is 19.2. The molecular weight excluding hydrogens is 498 g/mol. The molecule has 1 aromatic carbocycles. The van der Waals surface area contributed by atoms with Crippen molar-refractivity contribution >= 4 is 31.9 Å². The van der Waals surface area contributed by atoms with E-state index in [-0.39, 0.29) is 41.3 Å². The molecule has 2 aromatic rings. The molecule has 0 unspecified atom stereocenters. The van der Waals surface area contributed by atoms with Crippen LogP contribution in [0.5, 0.6) is 5.88 Å². The molecule has 0 spiro atoms. The molecule has 3 rings (SSSR count). The summed E-state index contributed by atoms with van der Waals surface area (Å²) in [6.07, 6.45) is 0.969. The first-order valence-electron chi connectivity index (χ1n) is 10.3. The lowest BCUT2D eigenvalue weighted by Gasteiger charge is -2.37. The van der Waals surface area contributed by atoms with Crippen LogP contribution in [0.25, 0.3) is 0 Å². The highest BCUT2D eigenvalue weighted by atomic mass is 79.9. The molecule has 1 aromatic heterocycles. The second-order valence-corrected chi connectivity index (χ2v) is 11.2. The van der Waals surface area contributed by atoms with Gasteiger partial charge in [-0.15, -0.1) is 0 Å². The Kier molecular flexibility index (Phi) is 7.59. The van der Waals surface area contributed by atoms with Crippen LogP contribution in [0.15, 0.2) is 45.9 Å². The monoisotopic (exact) mass is 525 g/mol. The van der Waals surface area contributed by atoms with Crippen molar-refractivity contribution in [2.75, 3.05) is 26.7 Å². The lowest BCUT2D eigenvalue weighted by molar-refractivity contribution is 0.0373. The van der Waals surface area contributed by atoms with Crippen molar-refractivity contribution in [3.8, 4) is 5.88 Å². The number of hydrogen-bond acceptors (Lipinski definition) is 6.